The van der Waals surface area contributed by atoms with Crippen molar-refractivity contribution in [1.82, 2.24) is 14.9 Å². The molecule has 1 N–H and O–H groups in total. The number of aryl methyl sites for hydroxylation is 1. The highest BCUT2D eigenvalue weighted by atomic mass is 32.2. The molecule has 5 nitrogen and oxygen atoms in total. The average molecular weight is 464 g/mol. The zero-order valence-corrected chi connectivity index (χ0v) is 20.1. The van der Waals surface area contributed by atoms with E-state index in [9.17, 15) is 9.59 Å². The molecule has 4 aromatic rings. The van der Waals surface area contributed by atoms with Crippen molar-refractivity contribution in [2.45, 2.75) is 38.4 Å². The van der Waals surface area contributed by atoms with Gasteiger partial charge in [0.05, 0.1) is 16.8 Å². The summed E-state index contributed by atoms with van der Waals surface area (Å²) in [6.07, 6.45) is 0. The van der Waals surface area contributed by atoms with E-state index >= 15 is 0 Å². The van der Waals surface area contributed by atoms with Gasteiger partial charge in [0.25, 0.3) is 5.56 Å². The standard InChI is InChI=1S/C25H25N3O2S2/c1-16-10-8-9-13-19(16)28-23(30)21-18(17-11-6-5-7-12-17)14-31-22(21)26-24(28)32-15-20(29)27-25(2,3)4/h5-14H,15H2,1-4H3,(H,27,29). The van der Waals surface area contributed by atoms with Crippen LogP contribution >= 0.6 is 23.1 Å². The van der Waals surface area contributed by atoms with E-state index in [0.717, 1.165) is 22.4 Å². The van der Waals surface area contributed by atoms with Gasteiger partial charge in [-0.05, 0) is 44.9 Å². The van der Waals surface area contributed by atoms with Crippen molar-refractivity contribution in [3.05, 3.63) is 75.9 Å². The molecule has 0 aliphatic rings. The normalized spacial score (nSPS) is 11.6. The van der Waals surface area contributed by atoms with Crippen LogP contribution in [0.25, 0.3) is 27.0 Å². The number of thioether (sulfide) groups is 1. The third kappa shape index (κ3) is 4.64. The summed E-state index contributed by atoms with van der Waals surface area (Å²) >= 11 is 2.73. The lowest BCUT2D eigenvalue weighted by Crippen LogP contribution is -2.41. The fraction of sp³-hybridized carbons (Fsp3) is 0.240. The number of nitrogens with one attached hydrogen (secondary N) is 1. The number of hydrogen-bond acceptors (Lipinski definition) is 5. The Morgan fingerprint density at radius 2 is 1.78 bits per heavy atom. The van der Waals surface area contributed by atoms with Crippen LogP contribution in [0.2, 0.25) is 0 Å². The van der Waals surface area contributed by atoms with Gasteiger partial charge >= 0.3 is 0 Å². The fourth-order valence-electron chi connectivity index (χ4n) is 3.51. The number of hydrogen-bond donors (Lipinski definition) is 1. The number of carbonyl (C=O) groups excluding carboxylic acids is 1. The van der Waals surface area contributed by atoms with Crippen LogP contribution in [-0.2, 0) is 4.79 Å². The molecule has 0 saturated heterocycles. The topological polar surface area (TPSA) is 64.0 Å². The molecule has 0 spiro atoms. The molecule has 2 aromatic carbocycles. The molecule has 0 fully saturated rings. The van der Waals surface area contributed by atoms with Gasteiger partial charge in [-0.25, -0.2) is 4.98 Å². The van der Waals surface area contributed by atoms with Crippen molar-refractivity contribution >= 4 is 39.2 Å². The van der Waals surface area contributed by atoms with Gasteiger partial charge in [-0.3, -0.25) is 14.2 Å². The van der Waals surface area contributed by atoms with E-state index in [4.69, 9.17) is 4.98 Å². The minimum Gasteiger partial charge on any atom is -0.351 e. The van der Waals surface area contributed by atoms with Crippen LogP contribution in [0, 0.1) is 6.92 Å². The molecule has 0 bridgehead atoms. The maximum Gasteiger partial charge on any atom is 0.268 e. The SMILES string of the molecule is Cc1ccccc1-n1c(SCC(=O)NC(C)(C)C)nc2scc(-c3ccccc3)c2c1=O. The van der Waals surface area contributed by atoms with Crippen molar-refractivity contribution in [2.24, 2.45) is 0 Å². The van der Waals surface area contributed by atoms with Crippen LogP contribution in [0.1, 0.15) is 26.3 Å². The zero-order valence-electron chi connectivity index (χ0n) is 18.5. The molecule has 1 amide bonds. The highest BCUT2D eigenvalue weighted by molar-refractivity contribution is 7.99. The number of thiophene rings is 1. The van der Waals surface area contributed by atoms with E-state index in [1.54, 1.807) is 4.57 Å². The van der Waals surface area contributed by atoms with Crippen LogP contribution < -0.4 is 10.9 Å². The Morgan fingerprint density at radius 1 is 1.09 bits per heavy atom. The summed E-state index contributed by atoms with van der Waals surface area (Å²) in [5.41, 5.74) is 3.17. The summed E-state index contributed by atoms with van der Waals surface area (Å²) in [5, 5.41) is 6.07. The Balaban J connectivity index is 1.86. The summed E-state index contributed by atoms with van der Waals surface area (Å²) in [5.74, 6) is 0.0854. The number of aromatic nitrogens is 2. The minimum absolute atomic E-state index is 0.0932. The number of fused-ring (bicyclic) bond motifs is 1. The van der Waals surface area contributed by atoms with Gasteiger partial charge in [0, 0.05) is 16.5 Å². The highest BCUT2D eigenvalue weighted by Gasteiger charge is 2.21. The van der Waals surface area contributed by atoms with Gasteiger partial charge in [-0.1, -0.05) is 60.3 Å². The van der Waals surface area contributed by atoms with Crippen molar-refractivity contribution in [3.8, 4) is 16.8 Å². The molecule has 0 unspecified atom stereocenters. The molecule has 32 heavy (non-hydrogen) atoms. The molecule has 0 saturated carbocycles. The van der Waals surface area contributed by atoms with Crippen molar-refractivity contribution in [3.63, 3.8) is 0 Å². The predicted molar refractivity (Wildman–Crippen MR) is 134 cm³/mol. The predicted octanol–water partition coefficient (Wildman–Crippen LogP) is 5.43. The van der Waals surface area contributed by atoms with Crippen molar-refractivity contribution < 1.29 is 4.79 Å². The Labute approximate surface area is 195 Å². The second kappa shape index (κ2) is 8.92. The summed E-state index contributed by atoms with van der Waals surface area (Å²) in [6, 6.07) is 17.6. The fourth-order valence-corrected chi connectivity index (χ4v) is 5.30. The Hall–Kier alpha value is -2.90. The van der Waals surface area contributed by atoms with E-state index in [2.05, 4.69) is 5.32 Å². The first-order valence-electron chi connectivity index (χ1n) is 10.3. The van der Waals surface area contributed by atoms with Gasteiger partial charge in [0.2, 0.25) is 5.91 Å². The first-order chi connectivity index (χ1) is 15.2. The number of benzene rings is 2. The van der Waals surface area contributed by atoms with E-state index in [0.29, 0.717) is 15.4 Å². The zero-order chi connectivity index (χ0) is 22.9. The van der Waals surface area contributed by atoms with E-state index in [-0.39, 0.29) is 22.8 Å². The van der Waals surface area contributed by atoms with Crippen LogP contribution in [-0.4, -0.2) is 26.8 Å². The van der Waals surface area contributed by atoms with Crippen LogP contribution in [0.4, 0.5) is 0 Å². The van der Waals surface area contributed by atoms with E-state index < -0.39 is 0 Å². The van der Waals surface area contributed by atoms with Crippen LogP contribution in [0.3, 0.4) is 0 Å². The third-order valence-electron chi connectivity index (χ3n) is 4.86. The first-order valence-corrected chi connectivity index (χ1v) is 12.2. The second-order valence-corrected chi connectivity index (χ2v) is 10.4. The largest absolute Gasteiger partial charge is 0.351 e. The maximum atomic E-state index is 13.8. The molecule has 7 heteroatoms. The second-order valence-electron chi connectivity index (χ2n) is 8.60. The smallest absolute Gasteiger partial charge is 0.268 e. The van der Waals surface area contributed by atoms with Gasteiger partial charge in [-0.15, -0.1) is 11.3 Å². The Kier molecular flexibility index (Phi) is 6.22. The Bertz CT molecular complexity index is 1340. The molecule has 164 valence electrons. The van der Waals surface area contributed by atoms with Crippen molar-refractivity contribution in [1.29, 1.82) is 0 Å². The number of rotatable bonds is 5. The van der Waals surface area contributed by atoms with E-state index in [1.807, 2.05) is 87.7 Å². The van der Waals surface area contributed by atoms with Gasteiger partial charge in [0.1, 0.15) is 4.83 Å². The molecule has 2 aromatic heterocycles. The molecule has 0 aliphatic heterocycles. The highest BCUT2D eigenvalue weighted by Crippen LogP contribution is 2.33. The van der Waals surface area contributed by atoms with Crippen LogP contribution in [0.5, 0.6) is 0 Å². The molecule has 0 radical (unpaired) electrons. The summed E-state index contributed by atoms with van der Waals surface area (Å²) < 4.78 is 1.64. The lowest BCUT2D eigenvalue weighted by molar-refractivity contribution is -0.119. The number of para-hydroxylation sites is 1. The monoisotopic (exact) mass is 463 g/mol. The molecule has 0 aliphatic carbocycles. The number of amides is 1. The number of nitrogens with zero attached hydrogens (tertiary/aromatic N) is 2. The minimum atomic E-state index is -0.316. The molecule has 4 rings (SSSR count). The summed E-state index contributed by atoms with van der Waals surface area (Å²) in [6.45, 7) is 7.80. The van der Waals surface area contributed by atoms with Crippen molar-refractivity contribution in [2.75, 3.05) is 5.75 Å². The van der Waals surface area contributed by atoms with Crippen LogP contribution in [0.15, 0.2) is 69.9 Å². The Morgan fingerprint density at radius 3 is 2.47 bits per heavy atom. The summed E-state index contributed by atoms with van der Waals surface area (Å²) in [7, 11) is 0. The first kappa shape index (κ1) is 22.3. The molecular weight excluding hydrogens is 438 g/mol. The van der Waals surface area contributed by atoms with Gasteiger partial charge in [-0.2, -0.15) is 0 Å². The summed E-state index contributed by atoms with van der Waals surface area (Å²) in [4.78, 5) is 31.8. The molecule has 2 heterocycles. The lowest BCUT2D eigenvalue weighted by Gasteiger charge is -2.20. The number of carbonyl (C=O) groups is 1. The molecular formula is C25H25N3O2S2. The van der Waals surface area contributed by atoms with E-state index in [1.165, 1.54) is 23.1 Å². The maximum absolute atomic E-state index is 13.8. The van der Waals surface area contributed by atoms with Gasteiger partial charge in [0.15, 0.2) is 5.16 Å². The lowest BCUT2D eigenvalue weighted by atomic mass is 10.1. The molecule has 0 atom stereocenters. The quantitative estimate of drug-likeness (QED) is 0.317. The third-order valence-corrected chi connectivity index (χ3v) is 6.68. The van der Waals surface area contributed by atoms with Gasteiger partial charge < -0.3 is 5.32 Å². The average Bonchev–Trinajstić information content (AvgIpc) is 3.17.